The van der Waals surface area contributed by atoms with E-state index < -0.39 is 0 Å². The summed E-state index contributed by atoms with van der Waals surface area (Å²) in [4.78, 5) is 16.7. The number of pyridine rings is 1. The van der Waals surface area contributed by atoms with Crippen molar-refractivity contribution in [2.24, 2.45) is 7.05 Å². The third-order valence-corrected chi connectivity index (χ3v) is 4.15. The van der Waals surface area contributed by atoms with Crippen LogP contribution in [0.1, 0.15) is 6.92 Å². The van der Waals surface area contributed by atoms with E-state index in [0.717, 1.165) is 22.5 Å². The maximum atomic E-state index is 12.2. The van der Waals surface area contributed by atoms with Crippen molar-refractivity contribution < 1.29 is 4.79 Å². The zero-order valence-electron chi connectivity index (χ0n) is 15.9. The molecule has 3 aromatic rings. The summed E-state index contributed by atoms with van der Waals surface area (Å²) in [5.41, 5.74) is 3.06. The number of amides is 1. The molecule has 0 radical (unpaired) electrons. The van der Waals surface area contributed by atoms with Crippen LogP contribution in [-0.4, -0.2) is 32.2 Å². The number of rotatable bonds is 7. The topological polar surface area (TPSA) is 84.7 Å². The molecule has 7 heteroatoms. The van der Waals surface area contributed by atoms with Crippen LogP contribution in [0, 0.1) is 0 Å². The standard InChI is InChI=1S/C21H22N6O/c1-5-14(3)21(28)25-19-12-15(11-18(24-19)22-6-2)16-9-7-8-10-17(16)20-26-23-13-27(20)4/h5,7-13H,1,3,6H2,2,4H3,(H2,22,24,25,28). The van der Waals surface area contributed by atoms with Gasteiger partial charge in [0.2, 0.25) is 0 Å². The normalized spacial score (nSPS) is 10.4. The van der Waals surface area contributed by atoms with Gasteiger partial charge in [-0.15, -0.1) is 10.2 Å². The van der Waals surface area contributed by atoms with E-state index in [0.29, 0.717) is 18.2 Å². The molecule has 2 heterocycles. The van der Waals surface area contributed by atoms with Gasteiger partial charge in [-0.3, -0.25) is 4.79 Å². The van der Waals surface area contributed by atoms with E-state index in [-0.39, 0.29) is 11.5 Å². The van der Waals surface area contributed by atoms with Gasteiger partial charge in [0.25, 0.3) is 5.91 Å². The highest BCUT2D eigenvalue weighted by molar-refractivity contribution is 6.05. The molecule has 0 aliphatic heterocycles. The predicted octanol–water partition coefficient (Wildman–Crippen LogP) is 3.66. The van der Waals surface area contributed by atoms with Gasteiger partial charge >= 0.3 is 0 Å². The Hall–Kier alpha value is -3.74. The number of benzene rings is 1. The molecule has 0 aliphatic rings. The maximum Gasteiger partial charge on any atom is 0.256 e. The van der Waals surface area contributed by atoms with Crippen molar-refractivity contribution in [1.82, 2.24) is 19.7 Å². The van der Waals surface area contributed by atoms with Crippen molar-refractivity contribution in [3.8, 4) is 22.5 Å². The molecule has 1 amide bonds. The van der Waals surface area contributed by atoms with E-state index in [4.69, 9.17) is 0 Å². The Bertz CT molecular complexity index is 1040. The van der Waals surface area contributed by atoms with E-state index in [1.807, 2.05) is 54.9 Å². The van der Waals surface area contributed by atoms with Gasteiger partial charge in [0, 0.05) is 24.7 Å². The molecule has 28 heavy (non-hydrogen) atoms. The van der Waals surface area contributed by atoms with E-state index in [9.17, 15) is 4.79 Å². The molecule has 0 saturated carbocycles. The summed E-state index contributed by atoms with van der Waals surface area (Å²) in [6, 6.07) is 11.7. The van der Waals surface area contributed by atoms with Crippen LogP contribution in [0.15, 0.2) is 67.5 Å². The Kier molecular flexibility index (Phi) is 5.64. The molecule has 142 valence electrons. The van der Waals surface area contributed by atoms with Gasteiger partial charge in [0.1, 0.15) is 18.0 Å². The molecule has 0 aliphatic carbocycles. The minimum atomic E-state index is -0.344. The molecule has 0 spiro atoms. The van der Waals surface area contributed by atoms with Crippen molar-refractivity contribution in [2.45, 2.75) is 6.92 Å². The second-order valence-electron chi connectivity index (χ2n) is 6.15. The lowest BCUT2D eigenvalue weighted by atomic mass is 9.99. The van der Waals surface area contributed by atoms with E-state index in [1.54, 1.807) is 6.33 Å². The first kappa shape index (κ1) is 19.0. The molecule has 0 unspecified atom stereocenters. The first-order chi connectivity index (χ1) is 13.5. The Morgan fingerprint density at radius 1 is 1.21 bits per heavy atom. The van der Waals surface area contributed by atoms with Crippen LogP contribution >= 0.6 is 0 Å². The van der Waals surface area contributed by atoms with Crippen LogP contribution in [0.3, 0.4) is 0 Å². The van der Waals surface area contributed by atoms with Gasteiger partial charge in [-0.2, -0.15) is 0 Å². The fraction of sp³-hybridized carbons (Fsp3) is 0.143. The first-order valence-corrected chi connectivity index (χ1v) is 8.86. The van der Waals surface area contributed by atoms with Crippen LogP contribution in [0.4, 0.5) is 11.6 Å². The van der Waals surface area contributed by atoms with Gasteiger partial charge < -0.3 is 15.2 Å². The first-order valence-electron chi connectivity index (χ1n) is 8.86. The molecule has 0 bridgehead atoms. The summed E-state index contributed by atoms with van der Waals surface area (Å²) in [6.07, 6.45) is 3.07. The Morgan fingerprint density at radius 3 is 2.57 bits per heavy atom. The summed E-state index contributed by atoms with van der Waals surface area (Å²) in [5, 5.41) is 14.2. The maximum absolute atomic E-state index is 12.2. The van der Waals surface area contributed by atoms with Gasteiger partial charge in [-0.05, 0) is 30.2 Å². The minimum absolute atomic E-state index is 0.275. The van der Waals surface area contributed by atoms with Gasteiger partial charge in [-0.25, -0.2) is 4.98 Å². The van der Waals surface area contributed by atoms with Crippen LogP contribution in [0.2, 0.25) is 0 Å². The average Bonchev–Trinajstić information content (AvgIpc) is 3.13. The number of aromatic nitrogens is 4. The summed E-state index contributed by atoms with van der Waals surface area (Å²) in [7, 11) is 1.90. The lowest BCUT2D eigenvalue weighted by Crippen LogP contribution is -2.14. The molecule has 2 aromatic heterocycles. The number of anilines is 2. The monoisotopic (exact) mass is 374 g/mol. The molecular weight excluding hydrogens is 352 g/mol. The average molecular weight is 374 g/mol. The van der Waals surface area contributed by atoms with E-state index in [2.05, 4.69) is 39.0 Å². The Labute approximate surface area is 163 Å². The molecular formula is C21H22N6O. The summed E-state index contributed by atoms with van der Waals surface area (Å²) >= 11 is 0. The number of carbonyl (C=O) groups is 1. The molecule has 0 atom stereocenters. The predicted molar refractivity (Wildman–Crippen MR) is 112 cm³/mol. The zero-order valence-corrected chi connectivity index (χ0v) is 15.9. The summed E-state index contributed by atoms with van der Waals surface area (Å²) in [6.45, 7) is 9.94. The van der Waals surface area contributed by atoms with Gasteiger partial charge in [0.15, 0.2) is 5.82 Å². The summed E-state index contributed by atoms with van der Waals surface area (Å²) < 4.78 is 1.86. The number of hydrogen-bond donors (Lipinski definition) is 2. The van der Waals surface area contributed by atoms with Crippen molar-refractivity contribution in [3.63, 3.8) is 0 Å². The van der Waals surface area contributed by atoms with Crippen LogP contribution in [0.5, 0.6) is 0 Å². The lowest BCUT2D eigenvalue weighted by Gasteiger charge is -2.13. The lowest BCUT2D eigenvalue weighted by molar-refractivity contribution is -0.112. The fourth-order valence-electron chi connectivity index (χ4n) is 2.77. The molecule has 1 aromatic carbocycles. The van der Waals surface area contributed by atoms with E-state index >= 15 is 0 Å². The van der Waals surface area contributed by atoms with Crippen molar-refractivity contribution in [2.75, 3.05) is 17.2 Å². The molecule has 7 nitrogen and oxygen atoms in total. The minimum Gasteiger partial charge on any atom is -0.370 e. The SMILES string of the molecule is C=CC(=C)C(=O)Nc1cc(-c2ccccc2-c2nncn2C)cc(NCC)n1. The zero-order chi connectivity index (χ0) is 20.1. The van der Waals surface area contributed by atoms with Crippen LogP contribution < -0.4 is 10.6 Å². The second kappa shape index (κ2) is 8.30. The number of hydrogen-bond acceptors (Lipinski definition) is 5. The number of aryl methyl sites for hydroxylation is 1. The summed E-state index contributed by atoms with van der Waals surface area (Å²) in [5.74, 6) is 1.49. The molecule has 0 fully saturated rings. The van der Waals surface area contributed by atoms with E-state index in [1.165, 1.54) is 6.08 Å². The van der Waals surface area contributed by atoms with Crippen LogP contribution in [0.25, 0.3) is 22.5 Å². The second-order valence-corrected chi connectivity index (χ2v) is 6.15. The Balaban J connectivity index is 2.09. The van der Waals surface area contributed by atoms with Crippen molar-refractivity contribution in [1.29, 1.82) is 0 Å². The largest absolute Gasteiger partial charge is 0.370 e. The highest BCUT2D eigenvalue weighted by Gasteiger charge is 2.14. The quantitative estimate of drug-likeness (QED) is 0.487. The highest BCUT2D eigenvalue weighted by Crippen LogP contribution is 2.33. The molecule has 3 rings (SSSR count). The molecule has 2 N–H and O–H groups in total. The van der Waals surface area contributed by atoms with Crippen molar-refractivity contribution in [3.05, 3.63) is 67.5 Å². The molecule has 0 saturated heterocycles. The number of carbonyl (C=O) groups excluding carboxylic acids is 1. The number of nitrogens with one attached hydrogen (secondary N) is 2. The van der Waals surface area contributed by atoms with Crippen molar-refractivity contribution >= 4 is 17.5 Å². The van der Waals surface area contributed by atoms with Gasteiger partial charge in [0.05, 0.1) is 0 Å². The Morgan fingerprint density at radius 2 is 1.93 bits per heavy atom. The van der Waals surface area contributed by atoms with Gasteiger partial charge in [-0.1, -0.05) is 43.5 Å². The fourth-order valence-corrected chi connectivity index (χ4v) is 2.77. The third kappa shape index (κ3) is 3.98. The third-order valence-electron chi connectivity index (χ3n) is 4.15. The smallest absolute Gasteiger partial charge is 0.256 e. The number of nitrogens with zero attached hydrogens (tertiary/aromatic N) is 4. The highest BCUT2D eigenvalue weighted by atomic mass is 16.1. The van der Waals surface area contributed by atoms with Crippen LogP contribution in [-0.2, 0) is 11.8 Å².